The number of hydrogen-bond donors (Lipinski definition) is 2. The molecule has 2 amide bonds. The van der Waals surface area contributed by atoms with Gasteiger partial charge in [0.1, 0.15) is 17.1 Å². The van der Waals surface area contributed by atoms with Crippen LogP contribution < -0.4 is 20.9 Å². The summed E-state index contributed by atoms with van der Waals surface area (Å²) in [5, 5.41) is 6.06. The Hall–Kier alpha value is -4.34. The Morgan fingerprint density at radius 1 is 1.04 bits per heavy atom. The number of pyridine rings is 2. The summed E-state index contributed by atoms with van der Waals surface area (Å²) >= 11 is 0. The van der Waals surface area contributed by atoms with Gasteiger partial charge in [0, 0.05) is 36.9 Å². The second kappa shape index (κ2) is 13.5. The van der Waals surface area contributed by atoms with Gasteiger partial charge in [0.05, 0.1) is 44.6 Å². The summed E-state index contributed by atoms with van der Waals surface area (Å²) in [6.07, 6.45) is 5.02. The van der Waals surface area contributed by atoms with Gasteiger partial charge in [-0.1, -0.05) is 0 Å². The Morgan fingerprint density at radius 3 is 2.51 bits per heavy atom. The molecule has 49 heavy (non-hydrogen) atoms. The molecule has 2 aromatic heterocycles. The number of rotatable bonds is 12. The highest BCUT2D eigenvalue weighted by Crippen LogP contribution is 2.42. The highest BCUT2D eigenvalue weighted by atomic mass is 19.3. The number of carbonyl (C=O) groups excluding carboxylic acids is 2. The molecular weight excluding hydrogens is 650 g/mol. The number of benzene rings is 1. The van der Waals surface area contributed by atoms with Crippen molar-refractivity contribution in [2.75, 3.05) is 44.8 Å². The molecule has 0 radical (unpaired) electrons. The molecule has 2 aliphatic carbocycles. The second-order valence-electron chi connectivity index (χ2n) is 12.9. The average Bonchev–Trinajstić information content (AvgIpc) is 3.98. The second-order valence-corrected chi connectivity index (χ2v) is 12.9. The summed E-state index contributed by atoms with van der Waals surface area (Å²) in [7, 11) is 0. The van der Waals surface area contributed by atoms with E-state index in [1.165, 1.54) is 18.2 Å². The zero-order chi connectivity index (χ0) is 34.3. The van der Waals surface area contributed by atoms with Gasteiger partial charge in [-0.2, -0.15) is 8.78 Å². The van der Waals surface area contributed by atoms with Crippen LogP contribution in [0.3, 0.4) is 0 Å². The van der Waals surface area contributed by atoms with Gasteiger partial charge in [-0.05, 0) is 78.8 Å². The largest absolute Gasteiger partial charge is 0.435 e. The van der Waals surface area contributed by atoms with Crippen LogP contribution in [0.5, 0.6) is 5.75 Å². The molecule has 0 unspecified atom stereocenters. The lowest BCUT2D eigenvalue weighted by Gasteiger charge is -2.39. The molecule has 2 aliphatic heterocycles. The lowest BCUT2D eigenvalue weighted by molar-refractivity contribution is -0.113. The SMILES string of the molecule is O=C(Nc1cc(-c2ccc(OC(F)F)cc2C(=O)N2CC(F)(F)C2)cc(C2CC2)n1)c1cc(CNC[C@@H]2COCCO2)cn(C2CC2)c1=O. The van der Waals surface area contributed by atoms with Crippen molar-refractivity contribution >= 4 is 17.6 Å². The number of hydrogen-bond acceptors (Lipinski definition) is 8. The monoisotopic (exact) mass is 685 g/mol. The van der Waals surface area contributed by atoms with Crippen molar-refractivity contribution in [1.82, 2.24) is 19.8 Å². The van der Waals surface area contributed by atoms with E-state index in [4.69, 9.17) is 9.47 Å². The molecule has 4 heterocycles. The first-order chi connectivity index (χ1) is 23.5. The molecule has 2 saturated heterocycles. The highest BCUT2D eigenvalue weighted by Gasteiger charge is 2.47. The van der Waals surface area contributed by atoms with E-state index in [2.05, 4.69) is 20.4 Å². The third kappa shape index (κ3) is 7.78. The molecular formula is C34H35F4N5O6. The normalized spacial score (nSPS) is 20.2. The van der Waals surface area contributed by atoms with E-state index in [9.17, 15) is 31.9 Å². The molecule has 2 N–H and O–H groups in total. The van der Waals surface area contributed by atoms with E-state index >= 15 is 0 Å². The fraction of sp³-hybridized carbons (Fsp3) is 0.471. The Morgan fingerprint density at radius 2 is 1.84 bits per heavy atom. The first-order valence-electron chi connectivity index (χ1n) is 16.3. The highest BCUT2D eigenvalue weighted by molar-refractivity contribution is 6.05. The van der Waals surface area contributed by atoms with E-state index in [0.29, 0.717) is 44.2 Å². The van der Waals surface area contributed by atoms with Crippen molar-refractivity contribution in [3.63, 3.8) is 0 Å². The van der Waals surface area contributed by atoms with E-state index in [-0.39, 0.29) is 46.3 Å². The molecule has 0 bridgehead atoms. The van der Waals surface area contributed by atoms with Crippen LogP contribution in [-0.4, -0.2) is 84.4 Å². The standard InChI is InChI=1S/C34H35F4N5O6/c35-33(36)49-23-5-6-25(26(12-23)31(45)42-17-34(37,38)18-42)21-10-28(20-1-2-20)40-29(11-21)41-30(44)27-9-19(15-43(32(27)46)22-3-4-22)13-39-14-24-16-47-7-8-48-24/h5-6,9-12,15,20,22,24,33,39H,1-4,7-8,13-14,16-18H2,(H,40,41,44)/t24-/m1/s1. The Kier molecular flexibility index (Phi) is 9.15. The van der Waals surface area contributed by atoms with Crippen molar-refractivity contribution in [2.24, 2.45) is 0 Å². The van der Waals surface area contributed by atoms with Gasteiger partial charge in [0.15, 0.2) is 0 Å². The molecule has 2 saturated carbocycles. The minimum absolute atomic E-state index is 0.0105. The summed E-state index contributed by atoms with van der Waals surface area (Å²) in [6.45, 7) is -2.28. The van der Waals surface area contributed by atoms with Crippen LogP contribution in [0.4, 0.5) is 23.4 Å². The number of alkyl halides is 4. The lowest BCUT2D eigenvalue weighted by atomic mass is 9.96. The number of ether oxygens (including phenoxy) is 3. The van der Waals surface area contributed by atoms with E-state index in [1.807, 2.05) is 0 Å². The van der Waals surface area contributed by atoms with Crippen molar-refractivity contribution in [3.05, 3.63) is 75.3 Å². The molecule has 15 heteroatoms. The predicted molar refractivity (Wildman–Crippen MR) is 168 cm³/mol. The summed E-state index contributed by atoms with van der Waals surface area (Å²) < 4.78 is 70.6. The van der Waals surface area contributed by atoms with Crippen LogP contribution in [0, 0.1) is 0 Å². The van der Waals surface area contributed by atoms with E-state index in [0.717, 1.165) is 42.2 Å². The summed E-state index contributed by atoms with van der Waals surface area (Å²) in [4.78, 5) is 46.1. The van der Waals surface area contributed by atoms with Crippen molar-refractivity contribution in [1.29, 1.82) is 0 Å². The molecule has 11 nitrogen and oxygen atoms in total. The van der Waals surface area contributed by atoms with Gasteiger partial charge in [0.2, 0.25) is 0 Å². The first kappa shape index (κ1) is 33.2. The van der Waals surface area contributed by atoms with Gasteiger partial charge in [-0.3, -0.25) is 14.4 Å². The number of anilines is 1. The van der Waals surface area contributed by atoms with E-state index in [1.54, 1.807) is 22.9 Å². The van der Waals surface area contributed by atoms with Crippen LogP contribution in [0.25, 0.3) is 11.1 Å². The van der Waals surface area contributed by atoms with Gasteiger partial charge in [-0.25, -0.2) is 13.8 Å². The summed E-state index contributed by atoms with van der Waals surface area (Å²) in [5.74, 6) is -4.59. The predicted octanol–water partition coefficient (Wildman–Crippen LogP) is 4.57. The van der Waals surface area contributed by atoms with Crippen LogP contribution in [0.15, 0.2) is 47.4 Å². The number of likely N-dealkylation sites (tertiary alicyclic amines) is 1. The molecule has 4 aliphatic rings. The molecule has 1 aromatic carbocycles. The van der Waals surface area contributed by atoms with Crippen LogP contribution in [-0.2, 0) is 16.0 Å². The summed E-state index contributed by atoms with van der Waals surface area (Å²) in [5.41, 5.74) is 1.42. The van der Waals surface area contributed by atoms with Crippen LogP contribution in [0.1, 0.15) is 69.6 Å². The molecule has 260 valence electrons. The van der Waals surface area contributed by atoms with E-state index < -0.39 is 43.0 Å². The van der Waals surface area contributed by atoms with Gasteiger partial charge in [-0.15, -0.1) is 0 Å². The maximum Gasteiger partial charge on any atom is 0.387 e. The van der Waals surface area contributed by atoms with Crippen molar-refractivity contribution < 1.29 is 41.4 Å². The number of aromatic nitrogens is 2. The fourth-order valence-electron chi connectivity index (χ4n) is 6.07. The number of carbonyl (C=O) groups is 2. The van der Waals surface area contributed by atoms with Crippen LogP contribution in [0.2, 0.25) is 0 Å². The maximum absolute atomic E-state index is 13.7. The van der Waals surface area contributed by atoms with Crippen molar-refractivity contribution in [2.45, 2.75) is 62.8 Å². The number of nitrogens with one attached hydrogen (secondary N) is 2. The Balaban J connectivity index is 1.18. The quantitative estimate of drug-likeness (QED) is 0.266. The molecule has 1 atom stereocenters. The molecule has 4 fully saturated rings. The zero-order valence-corrected chi connectivity index (χ0v) is 26.4. The minimum atomic E-state index is -3.16. The molecule has 0 spiro atoms. The number of nitrogens with zero attached hydrogens (tertiary/aromatic N) is 3. The lowest BCUT2D eigenvalue weighted by Crippen LogP contribution is -2.58. The average molecular weight is 686 g/mol. The Labute approximate surface area is 278 Å². The van der Waals surface area contributed by atoms with Gasteiger partial charge < -0.3 is 34.3 Å². The first-order valence-corrected chi connectivity index (χ1v) is 16.3. The minimum Gasteiger partial charge on any atom is -0.435 e. The number of halogens is 4. The molecule has 7 rings (SSSR count). The topological polar surface area (TPSA) is 124 Å². The van der Waals surface area contributed by atoms with Crippen LogP contribution >= 0.6 is 0 Å². The summed E-state index contributed by atoms with van der Waals surface area (Å²) in [6, 6.07) is 8.55. The zero-order valence-electron chi connectivity index (χ0n) is 26.4. The fourth-order valence-corrected chi connectivity index (χ4v) is 6.07. The number of amides is 2. The molecule has 3 aromatic rings. The van der Waals surface area contributed by atoms with Gasteiger partial charge in [0.25, 0.3) is 23.3 Å². The maximum atomic E-state index is 13.7. The third-order valence-corrected chi connectivity index (χ3v) is 8.84. The van der Waals surface area contributed by atoms with Gasteiger partial charge >= 0.3 is 6.61 Å². The van der Waals surface area contributed by atoms with Crippen molar-refractivity contribution in [3.8, 4) is 16.9 Å². The smallest absolute Gasteiger partial charge is 0.387 e. The Bertz CT molecular complexity index is 1800. The third-order valence-electron chi connectivity index (χ3n) is 8.84.